The van der Waals surface area contributed by atoms with E-state index in [2.05, 4.69) is 20.5 Å². The monoisotopic (exact) mass is 395 g/mol. The van der Waals surface area contributed by atoms with Crippen molar-refractivity contribution >= 4 is 29.1 Å². The fourth-order valence-corrected chi connectivity index (χ4v) is 2.75. The van der Waals surface area contributed by atoms with Crippen LogP contribution in [0.1, 0.15) is 19.4 Å². The second-order valence-electron chi connectivity index (χ2n) is 6.60. The quantitative estimate of drug-likeness (QED) is 0.451. The highest BCUT2D eigenvalue weighted by Crippen LogP contribution is 2.29. The smallest absolute Gasteiger partial charge is 0.262 e. The van der Waals surface area contributed by atoms with Gasteiger partial charge < -0.3 is 19.4 Å². The number of para-hydroxylation sites is 2. The lowest BCUT2D eigenvalue weighted by molar-refractivity contribution is -0.135. The molecule has 0 aliphatic rings. The van der Waals surface area contributed by atoms with Gasteiger partial charge in [0.05, 0.1) is 23.9 Å². The Balaban J connectivity index is 1.71. The molecule has 1 atom stereocenters. The third-order valence-corrected chi connectivity index (χ3v) is 4.13. The van der Waals surface area contributed by atoms with Crippen LogP contribution in [0.4, 0.5) is 5.95 Å². The van der Waals surface area contributed by atoms with Crippen LogP contribution in [0.25, 0.3) is 11.0 Å². The molecule has 0 aliphatic carbocycles. The van der Waals surface area contributed by atoms with Crippen molar-refractivity contribution in [2.75, 3.05) is 26.1 Å². The van der Waals surface area contributed by atoms with E-state index in [4.69, 9.17) is 9.47 Å². The highest BCUT2D eigenvalue weighted by Gasteiger charge is 2.18. The van der Waals surface area contributed by atoms with Crippen LogP contribution in [0.5, 0.6) is 11.5 Å². The molecule has 0 unspecified atom stereocenters. The van der Waals surface area contributed by atoms with Crippen molar-refractivity contribution in [3.63, 3.8) is 0 Å². The number of carbonyl (C=O) groups is 1. The summed E-state index contributed by atoms with van der Waals surface area (Å²) in [6.45, 7) is 4.08. The van der Waals surface area contributed by atoms with Gasteiger partial charge in [0.15, 0.2) is 17.6 Å². The second-order valence-corrected chi connectivity index (χ2v) is 6.60. The second kappa shape index (κ2) is 9.09. The SMILES string of the molecule is CCOc1cc(/C=N\Nc2nc3ccccc3[nH]2)ccc1O[C@@H](C)C(=O)N(C)C. The van der Waals surface area contributed by atoms with Gasteiger partial charge in [-0.25, -0.2) is 10.4 Å². The van der Waals surface area contributed by atoms with Crippen molar-refractivity contribution in [1.82, 2.24) is 14.9 Å². The Morgan fingerprint density at radius 1 is 1.28 bits per heavy atom. The molecule has 1 amide bonds. The summed E-state index contributed by atoms with van der Waals surface area (Å²) in [5.41, 5.74) is 5.51. The third-order valence-electron chi connectivity index (χ3n) is 4.13. The zero-order chi connectivity index (χ0) is 20.8. The molecule has 0 aliphatic heterocycles. The minimum absolute atomic E-state index is 0.117. The fraction of sp³-hybridized carbons (Fsp3) is 0.286. The first-order valence-corrected chi connectivity index (χ1v) is 9.36. The lowest BCUT2D eigenvalue weighted by Crippen LogP contribution is -2.35. The molecule has 8 nitrogen and oxygen atoms in total. The molecule has 1 aromatic heterocycles. The predicted octanol–water partition coefficient (Wildman–Crippen LogP) is 3.26. The van der Waals surface area contributed by atoms with Crippen LogP contribution in [-0.2, 0) is 4.79 Å². The molecular weight excluding hydrogens is 370 g/mol. The number of likely N-dealkylation sites (N-methyl/N-ethyl adjacent to an activating group) is 1. The number of imidazole rings is 1. The van der Waals surface area contributed by atoms with Crippen LogP contribution in [0.15, 0.2) is 47.6 Å². The molecule has 29 heavy (non-hydrogen) atoms. The third kappa shape index (κ3) is 5.04. The molecule has 152 valence electrons. The molecule has 0 saturated carbocycles. The number of nitrogens with zero attached hydrogens (tertiary/aromatic N) is 3. The van der Waals surface area contributed by atoms with Crippen LogP contribution in [0.3, 0.4) is 0 Å². The first kappa shape index (κ1) is 20.2. The number of aromatic amines is 1. The summed E-state index contributed by atoms with van der Waals surface area (Å²) in [6, 6.07) is 13.2. The summed E-state index contributed by atoms with van der Waals surface area (Å²) < 4.78 is 11.5. The fourth-order valence-electron chi connectivity index (χ4n) is 2.75. The number of amides is 1. The number of nitrogens with one attached hydrogen (secondary N) is 2. The van der Waals surface area contributed by atoms with E-state index in [1.165, 1.54) is 4.90 Å². The maximum atomic E-state index is 12.0. The number of anilines is 1. The zero-order valence-corrected chi connectivity index (χ0v) is 17.0. The number of fused-ring (bicyclic) bond motifs is 1. The average molecular weight is 395 g/mol. The van der Waals surface area contributed by atoms with Gasteiger partial charge in [-0.1, -0.05) is 12.1 Å². The van der Waals surface area contributed by atoms with Crippen LogP contribution >= 0.6 is 0 Å². The number of carbonyl (C=O) groups excluding carboxylic acids is 1. The zero-order valence-electron chi connectivity index (χ0n) is 17.0. The van der Waals surface area contributed by atoms with E-state index in [1.807, 2.05) is 43.3 Å². The molecule has 1 heterocycles. The topological polar surface area (TPSA) is 91.8 Å². The summed E-state index contributed by atoms with van der Waals surface area (Å²) in [5, 5.41) is 4.22. The number of ether oxygens (including phenoxy) is 2. The number of hydrazone groups is 1. The Labute approximate surface area is 169 Å². The largest absolute Gasteiger partial charge is 0.490 e. The van der Waals surface area contributed by atoms with Crippen molar-refractivity contribution in [3.05, 3.63) is 48.0 Å². The highest BCUT2D eigenvalue weighted by molar-refractivity contribution is 5.83. The van der Waals surface area contributed by atoms with Gasteiger partial charge in [-0.05, 0) is 49.7 Å². The van der Waals surface area contributed by atoms with Gasteiger partial charge in [0.1, 0.15) is 0 Å². The minimum atomic E-state index is -0.613. The molecule has 0 saturated heterocycles. The molecule has 3 aromatic rings. The van der Waals surface area contributed by atoms with E-state index in [0.29, 0.717) is 24.1 Å². The summed E-state index contributed by atoms with van der Waals surface area (Å²) in [5.74, 6) is 1.51. The molecule has 0 spiro atoms. The lowest BCUT2D eigenvalue weighted by atomic mass is 10.2. The normalized spacial score (nSPS) is 12.1. The average Bonchev–Trinajstić information content (AvgIpc) is 3.12. The van der Waals surface area contributed by atoms with E-state index >= 15 is 0 Å². The summed E-state index contributed by atoms with van der Waals surface area (Å²) in [6.07, 6.45) is 1.05. The van der Waals surface area contributed by atoms with E-state index < -0.39 is 6.10 Å². The van der Waals surface area contributed by atoms with Crippen molar-refractivity contribution < 1.29 is 14.3 Å². The molecule has 0 radical (unpaired) electrons. The van der Waals surface area contributed by atoms with Crippen molar-refractivity contribution in [2.45, 2.75) is 20.0 Å². The number of H-pyrrole nitrogens is 1. The van der Waals surface area contributed by atoms with Gasteiger partial charge in [-0.15, -0.1) is 0 Å². The first-order valence-electron chi connectivity index (χ1n) is 9.36. The number of hydrogen-bond donors (Lipinski definition) is 2. The van der Waals surface area contributed by atoms with Crippen LogP contribution in [-0.4, -0.2) is 53.8 Å². The minimum Gasteiger partial charge on any atom is -0.490 e. The molecule has 8 heteroatoms. The van der Waals surface area contributed by atoms with Crippen molar-refractivity contribution in [1.29, 1.82) is 0 Å². The van der Waals surface area contributed by atoms with Gasteiger partial charge in [-0.3, -0.25) is 4.79 Å². The Hall–Kier alpha value is -3.55. The predicted molar refractivity (Wildman–Crippen MR) is 114 cm³/mol. The molecular formula is C21H25N5O3. The van der Waals surface area contributed by atoms with Gasteiger partial charge in [0.2, 0.25) is 5.95 Å². The van der Waals surface area contributed by atoms with Crippen LogP contribution in [0, 0.1) is 0 Å². The number of aromatic nitrogens is 2. The Bertz CT molecular complexity index is 979. The number of hydrogen-bond acceptors (Lipinski definition) is 6. The van der Waals surface area contributed by atoms with E-state index in [1.54, 1.807) is 33.3 Å². The Morgan fingerprint density at radius 3 is 2.79 bits per heavy atom. The van der Waals surface area contributed by atoms with Gasteiger partial charge in [0.25, 0.3) is 5.91 Å². The molecule has 2 aromatic carbocycles. The number of benzene rings is 2. The van der Waals surface area contributed by atoms with E-state index in [-0.39, 0.29) is 5.91 Å². The summed E-state index contributed by atoms with van der Waals surface area (Å²) in [7, 11) is 3.39. The molecule has 3 rings (SSSR count). The standard InChI is InChI=1S/C21H25N5O3/c1-5-28-19-12-15(10-11-18(19)29-14(2)20(27)26(3)4)13-22-25-21-23-16-8-6-7-9-17(16)24-21/h6-14H,5H2,1-4H3,(H2,23,24,25)/b22-13-/t14-/m0/s1. The van der Waals surface area contributed by atoms with E-state index in [0.717, 1.165) is 16.6 Å². The highest BCUT2D eigenvalue weighted by atomic mass is 16.5. The van der Waals surface area contributed by atoms with Gasteiger partial charge >= 0.3 is 0 Å². The number of rotatable bonds is 8. The molecule has 2 N–H and O–H groups in total. The Morgan fingerprint density at radius 2 is 2.07 bits per heavy atom. The maximum absolute atomic E-state index is 12.0. The maximum Gasteiger partial charge on any atom is 0.262 e. The lowest BCUT2D eigenvalue weighted by Gasteiger charge is -2.20. The van der Waals surface area contributed by atoms with Crippen molar-refractivity contribution in [3.8, 4) is 11.5 Å². The van der Waals surface area contributed by atoms with E-state index in [9.17, 15) is 4.79 Å². The van der Waals surface area contributed by atoms with Crippen LogP contribution < -0.4 is 14.9 Å². The summed E-state index contributed by atoms with van der Waals surface area (Å²) in [4.78, 5) is 21.1. The first-order chi connectivity index (χ1) is 14.0. The molecule has 0 fully saturated rings. The Kier molecular flexibility index (Phi) is 6.33. The van der Waals surface area contributed by atoms with Gasteiger partial charge in [-0.2, -0.15) is 5.10 Å². The van der Waals surface area contributed by atoms with Crippen molar-refractivity contribution in [2.24, 2.45) is 5.10 Å². The molecule has 0 bridgehead atoms. The van der Waals surface area contributed by atoms with Gasteiger partial charge in [0, 0.05) is 14.1 Å². The summed E-state index contributed by atoms with van der Waals surface area (Å²) >= 11 is 0. The van der Waals surface area contributed by atoms with Crippen LogP contribution in [0.2, 0.25) is 0 Å².